The molecule has 1 aliphatic heterocycles. The summed E-state index contributed by atoms with van der Waals surface area (Å²) in [6, 6.07) is 0. The van der Waals surface area contributed by atoms with Crippen LogP contribution in [0.25, 0.3) is 0 Å². The minimum absolute atomic E-state index is 0.0308. The maximum absolute atomic E-state index is 14.0. The number of carbonyl (C=O) groups is 4. The summed E-state index contributed by atoms with van der Waals surface area (Å²) in [5, 5.41) is 16.4. The smallest absolute Gasteiger partial charge is 0.309 e. The van der Waals surface area contributed by atoms with Gasteiger partial charge in [0.1, 0.15) is 6.10 Å². The molecule has 0 bridgehead atoms. The van der Waals surface area contributed by atoms with Crippen LogP contribution in [0.15, 0.2) is 11.1 Å². The SMILES string of the molecule is CC(C)C1=C2[C@H]3CC[C@@H]4[C@@]5(C)CC[C@H](OC(=O)[C@H]6C[C@@H](C(=O)O)C6(C)C)C(C)(C)[C@@H]5CC[C@@]4(C)[C@]3(C)CC[C@@]2(CC(=O)NCC2CCNCC2)CC1=O. The second-order valence-electron chi connectivity index (χ2n) is 21.4. The van der Waals surface area contributed by atoms with Gasteiger partial charge in [0, 0.05) is 30.2 Å². The van der Waals surface area contributed by atoms with Gasteiger partial charge in [-0.1, -0.05) is 67.9 Å². The Morgan fingerprint density at radius 1 is 0.830 bits per heavy atom. The number of carbonyl (C=O) groups excluding carboxylic acids is 3. The zero-order chi connectivity index (χ0) is 38.5. The summed E-state index contributed by atoms with van der Waals surface area (Å²) in [7, 11) is 0. The fourth-order valence-electron chi connectivity index (χ4n) is 14.8. The van der Waals surface area contributed by atoms with Crippen LogP contribution in [0.2, 0.25) is 0 Å². The van der Waals surface area contributed by atoms with Crippen molar-refractivity contribution in [2.45, 2.75) is 152 Å². The normalized spacial score (nSPS) is 43.2. The Balaban J connectivity index is 1.12. The number of hydrogen-bond acceptors (Lipinski definition) is 6. The van der Waals surface area contributed by atoms with Crippen LogP contribution in [0.3, 0.4) is 0 Å². The highest BCUT2D eigenvalue weighted by Crippen LogP contribution is 2.77. The molecule has 1 amide bonds. The van der Waals surface area contributed by atoms with Crippen LogP contribution in [0.4, 0.5) is 0 Å². The third-order valence-electron chi connectivity index (χ3n) is 18.2. The van der Waals surface area contributed by atoms with Crippen LogP contribution >= 0.6 is 0 Å². The van der Waals surface area contributed by atoms with Gasteiger partial charge in [-0.05, 0) is 141 Å². The molecular formula is C45H70N2O6. The lowest BCUT2D eigenvalue weighted by Gasteiger charge is -2.72. The van der Waals surface area contributed by atoms with Gasteiger partial charge in [-0.15, -0.1) is 0 Å². The number of allylic oxidation sites excluding steroid dienone is 2. The van der Waals surface area contributed by atoms with E-state index in [1.807, 2.05) is 13.8 Å². The predicted octanol–water partition coefficient (Wildman–Crippen LogP) is 8.13. The van der Waals surface area contributed by atoms with Crippen molar-refractivity contribution in [2.75, 3.05) is 19.6 Å². The number of fused-ring (bicyclic) bond motifs is 7. The maximum Gasteiger partial charge on any atom is 0.309 e. The first-order chi connectivity index (χ1) is 24.7. The van der Waals surface area contributed by atoms with Gasteiger partial charge in [-0.2, -0.15) is 0 Å². The fourth-order valence-corrected chi connectivity index (χ4v) is 14.8. The number of ether oxygens (including phenoxy) is 1. The molecule has 3 N–H and O–H groups in total. The Kier molecular flexibility index (Phi) is 9.71. The van der Waals surface area contributed by atoms with E-state index in [4.69, 9.17) is 4.74 Å². The number of Topliss-reactive ketones (excluding diaryl/α,β-unsaturated/α-hetero) is 1. The van der Waals surface area contributed by atoms with Crippen LogP contribution in [0.1, 0.15) is 146 Å². The number of carboxylic acid groups (broad SMARTS) is 1. The molecule has 1 saturated heterocycles. The van der Waals surface area contributed by atoms with Crippen molar-refractivity contribution in [3.05, 3.63) is 11.1 Å². The van der Waals surface area contributed by atoms with E-state index < -0.39 is 17.3 Å². The molecule has 7 aliphatic rings. The van der Waals surface area contributed by atoms with E-state index in [0.717, 1.165) is 89.4 Å². The second kappa shape index (κ2) is 13.2. The summed E-state index contributed by atoms with van der Waals surface area (Å²) < 4.78 is 6.42. The summed E-state index contributed by atoms with van der Waals surface area (Å²) in [6.07, 6.45) is 11.5. The van der Waals surface area contributed by atoms with Gasteiger partial charge in [0.25, 0.3) is 0 Å². The zero-order valence-electron chi connectivity index (χ0n) is 34.4. The lowest BCUT2D eigenvalue weighted by Crippen LogP contribution is -2.66. The van der Waals surface area contributed by atoms with Gasteiger partial charge < -0.3 is 20.5 Å². The highest BCUT2D eigenvalue weighted by atomic mass is 16.5. The van der Waals surface area contributed by atoms with Crippen molar-refractivity contribution >= 4 is 23.6 Å². The average Bonchev–Trinajstić information content (AvgIpc) is 3.37. The quantitative estimate of drug-likeness (QED) is 0.215. The molecule has 0 aromatic carbocycles. The Labute approximate surface area is 319 Å². The van der Waals surface area contributed by atoms with Crippen LogP contribution in [0, 0.1) is 73.9 Å². The molecule has 0 aromatic heterocycles. The molecule has 7 rings (SSSR count). The minimum Gasteiger partial charge on any atom is -0.481 e. The standard InChI is InChI=1S/C45H70N2O6/c1-26(2)36-31(48)23-45(24-35(49)47-25-27-14-20-46-21-15-27)19-18-43(8)28(37(36)45)10-11-33-42(7)16-13-34(41(5,6)32(42)12-17-44(33,43)9)53-39(52)30-22-29(38(50)51)40(30,3)4/h26-30,32-34,46H,10-25H2,1-9H3,(H,47,49)(H,50,51)/t28-,29+,30-,32+,33-,34+,42+,43-,44-,45+/m1/s1. The van der Waals surface area contributed by atoms with Gasteiger partial charge >= 0.3 is 11.9 Å². The van der Waals surface area contributed by atoms with Crippen LogP contribution in [0.5, 0.6) is 0 Å². The summed E-state index contributed by atoms with van der Waals surface area (Å²) in [4.78, 5) is 53.2. The molecule has 8 heteroatoms. The summed E-state index contributed by atoms with van der Waals surface area (Å²) in [5.41, 5.74) is 1.48. The third kappa shape index (κ3) is 5.82. The number of ketones is 1. The Morgan fingerprint density at radius 3 is 2.17 bits per heavy atom. The predicted molar refractivity (Wildman–Crippen MR) is 206 cm³/mol. The molecule has 0 unspecified atom stereocenters. The Morgan fingerprint density at radius 2 is 1.53 bits per heavy atom. The highest BCUT2D eigenvalue weighted by Gasteiger charge is 2.70. The van der Waals surface area contributed by atoms with Crippen LogP contribution < -0.4 is 10.6 Å². The van der Waals surface area contributed by atoms with E-state index >= 15 is 0 Å². The molecule has 10 atom stereocenters. The third-order valence-corrected chi connectivity index (χ3v) is 18.2. The van der Waals surface area contributed by atoms with Crippen molar-refractivity contribution in [3.8, 4) is 0 Å². The molecule has 6 aliphatic carbocycles. The van der Waals surface area contributed by atoms with E-state index in [9.17, 15) is 24.3 Å². The number of nitrogens with one attached hydrogen (secondary N) is 2. The van der Waals surface area contributed by atoms with Crippen molar-refractivity contribution < 1.29 is 29.0 Å². The number of amides is 1. The largest absolute Gasteiger partial charge is 0.481 e. The van der Waals surface area contributed by atoms with Crippen molar-refractivity contribution in [1.29, 1.82) is 0 Å². The van der Waals surface area contributed by atoms with Crippen molar-refractivity contribution in [3.63, 3.8) is 0 Å². The fraction of sp³-hybridized carbons (Fsp3) is 0.867. The van der Waals surface area contributed by atoms with Gasteiger partial charge in [-0.25, -0.2) is 0 Å². The summed E-state index contributed by atoms with van der Waals surface area (Å²) in [6.45, 7) is 23.3. The maximum atomic E-state index is 14.0. The molecule has 53 heavy (non-hydrogen) atoms. The first kappa shape index (κ1) is 39.0. The number of rotatable bonds is 8. The number of carboxylic acids is 1. The molecule has 5 saturated carbocycles. The van der Waals surface area contributed by atoms with E-state index in [1.165, 1.54) is 5.57 Å². The van der Waals surface area contributed by atoms with Crippen LogP contribution in [-0.2, 0) is 23.9 Å². The second-order valence-corrected chi connectivity index (χ2v) is 21.4. The van der Waals surface area contributed by atoms with E-state index in [-0.39, 0.29) is 62.7 Å². The molecule has 8 nitrogen and oxygen atoms in total. The molecule has 296 valence electrons. The first-order valence-corrected chi connectivity index (χ1v) is 21.4. The zero-order valence-corrected chi connectivity index (χ0v) is 34.4. The highest BCUT2D eigenvalue weighted by molar-refractivity contribution is 6.01. The van der Waals surface area contributed by atoms with Gasteiger partial charge in [0.15, 0.2) is 5.78 Å². The molecule has 0 spiro atoms. The molecule has 0 aromatic rings. The lowest BCUT2D eigenvalue weighted by atomic mass is 9.33. The lowest BCUT2D eigenvalue weighted by molar-refractivity contribution is -0.236. The molecule has 1 heterocycles. The van der Waals surface area contributed by atoms with Crippen molar-refractivity contribution in [2.24, 2.45) is 73.9 Å². The van der Waals surface area contributed by atoms with E-state index in [1.54, 1.807) is 0 Å². The number of hydrogen-bond donors (Lipinski definition) is 3. The van der Waals surface area contributed by atoms with Gasteiger partial charge in [0.05, 0.1) is 11.8 Å². The average molecular weight is 735 g/mol. The summed E-state index contributed by atoms with van der Waals surface area (Å²) >= 11 is 0. The number of esters is 1. The first-order valence-electron chi connectivity index (χ1n) is 21.4. The Hall–Kier alpha value is -2.22. The minimum atomic E-state index is -0.824. The molecule has 6 fully saturated rings. The number of aliphatic carboxylic acids is 1. The van der Waals surface area contributed by atoms with E-state index in [2.05, 4.69) is 59.1 Å². The van der Waals surface area contributed by atoms with Crippen molar-refractivity contribution in [1.82, 2.24) is 10.6 Å². The Bertz CT molecular complexity index is 1560. The molecule has 0 radical (unpaired) electrons. The van der Waals surface area contributed by atoms with Gasteiger partial charge in [0.2, 0.25) is 5.91 Å². The molecular weight excluding hydrogens is 665 g/mol. The topological polar surface area (TPSA) is 122 Å². The number of piperidine rings is 1. The van der Waals surface area contributed by atoms with Crippen LogP contribution in [-0.4, -0.2) is 54.5 Å². The monoisotopic (exact) mass is 735 g/mol. The van der Waals surface area contributed by atoms with E-state index in [0.29, 0.717) is 42.9 Å². The van der Waals surface area contributed by atoms with Gasteiger partial charge in [-0.3, -0.25) is 19.2 Å². The summed E-state index contributed by atoms with van der Waals surface area (Å²) in [5.74, 6) is 0.411.